The second kappa shape index (κ2) is 10.8. The lowest BCUT2D eigenvalue weighted by Crippen LogP contribution is -2.34. The molecule has 1 saturated carbocycles. The minimum Gasteiger partial charge on any atom is -0.508 e. The van der Waals surface area contributed by atoms with Crippen molar-refractivity contribution < 1.29 is 14.6 Å². The van der Waals surface area contributed by atoms with Gasteiger partial charge in [0, 0.05) is 0 Å². The van der Waals surface area contributed by atoms with Crippen molar-refractivity contribution in [3.8, 4) is 5.75 Å². The standard InChI is InChI=1S/C28H38O3/c1-4-22(24-13-15-26(29)16-14-24)20-25(23-11-7-6-8-12-23)19-21(3)27(30)31-28(5-2)17-9-10-18-28/h6-8,11-16,21-22,25,29H,4-5,9-10,17-20H2,1-3H3. The number of phenols is 1. The van der Waals surface area contributed by atoms with Crippen LogP contribution >= 0.6 is 0 Å². The van der Waals surface area contributed by atoms with Crippen molar-refractivity contribution in [2.45, 2.75) is 89.6 Å². The molecule has 1 aliphatic carbocycles. The van der Waals surface area contributed by atoms with Gasteiger partial charge in [-0.05, 0) is 86.5 Å². The molecule has 3 heteroatoms. The number of ether oxygens (including phenoxy) is 1. The Balaban J connectivity index is 1.74. The van der Waals surface area contributed by atoms with E-state index in [1.165, 1.54) is 11.1 Å². The number of benzene rings is 2. The first-order valence-electron chi connectivity index (χ1n) is 12.0. The quantitative estimate of drug-likeness (QED) is 0.407. The van der Waals surface area contributed by atoms with Crippen LogP contribution in [0, 0.1) is 5.92 Å². The molecule has 0 amide bonds. The number of carbonyl (C=O) groups excluding carboxylic acids is 1. The Morgan fingerprint density at radius 3 is 2.13 bits per heavy atom. The summed E-state index contributed by atoms with van der Waals surface area (Å²) in [5, 5.41) is 9.66. The molecule has 2 aromatic carbocycles. The van der Waals surface area contributed by atoms with Gasteiger partial charge < -0.3 is 9.84 Å². The zero-order valence-electron chi connectivity index (χ0n) is 19.3. The summed E-state index contributed by atoms with van der Waals surface area (Å²) in [6, 6.07) is 18.1. The van der Waals surface area contributed by atoms with Gasteiger partial charge in [-0.2, -0.15) is 0 Å². The number of phenolic OH excluding ortho intramolecular Hbond substituents is 1. The highest BCUT2D eigenvalue weighted by molar-refractivity contribution is 5.72. The molecule has 3 nitrogen and oxygen atoms in total. The maximum Gasteiger partial charge on any atom is 0.309 e. The summed E-state index contributed by atoms with van der Waals surface area (Å²) in [5.41, 5.74) is 2.30. The van der Waals surface area contributed by atoms with Gasteiger partial charge in [-0.15, -0.1) is 0 Å². The van der Waals surface area contributed by atoms with Crippen LogP contribution in [0.4, 0.5) is 0 Å². The van der Waals surface area contributed by atoms with Crippen molar-refractivity contribution in [1.29, 1.82) is 0 Å². The van der Waals surface area contributed by atoms with Crippen LogP contribution in [-0.4, -0.2) is 16.7 Å². The van der Waals surface area contributed by atoms with Crippen LogP contribution in [0.1, 0.15) is 95.1 Å². The average molecular weight is 423 g/mol. The Bertz CT molecular complexity index is 806. The number of carbonyl (C=O) groups is 1. The van der Waals surface area contributed by atoms with Gasteiger partial charge in [0.25, 0.3) is 0 Å². The Morgan fingerprint density at radius 2 is 1.55 bits per heavy atom. The minimum atomic E-state index is -0.231. The van der Waals surface area contributed by atoms with Crippen LogP contribution in [-0.2, 0) is 9.53 Å². The third kappa shape index (κ3) is 6.12. The van der Waals surface area contributed by atoms with Crippen molar-refractivity contribution in [2.24, 2.45) is 5.92 Å². The molecule has 31 heavy (non-hydrogen) atoms. The molecule has 3 atom stereocenters. The molecular weight excluding hydrogens is 384 g/mol. The number of rotatable bonds is 10. The van der Waals surface area contributed by atoms with Gasteiger partial charge in [0.1, 0.15) is 11.4 Å². The fraction of sp³-hybridized carbons (Fsp3) is 0.536. The molecule has 1 fully saturated rings. The van der Waals surface area contributed by atoms with E-state index >= 15 is 0 Å². The van der Waals surface area contributed by atoms with E-state index in [2.05, 4.69) is 38.1 Å². The summed E-state index contributed by atoms with van der Waals surface area (Å²) in [6.07, 6.45) is 8.02. The van der Waals surface area contributed by atoms with Crippen molar-refractivity contribution in [2.75, 3.05) is 0 Å². The fourth-order valence-corrected chi connectivity index (χ4v) is 5.11. The van der Waals surface area contributed by atoms with Crippen LogP contribution in [0.3, 0.4) is 0 Å². The third-order valence-corrected chi connectivity index (χ3v) is 7.21. The van der Waals surface area contributed by atoms with E-state index in [-0.39, 0.29) is 23.4 Å². The molecule has 2 aromatic rings. The van der Waals surface area contributed by atoms with E-state index in [1.807, 2.05) is 25.1 Å². The third-order valence-electron chi connectivity index (χ3n) is 7.21. The predicted molar refractivity (Wildman–Crippen MR) is 126 cm³/mol. The summed E-state index contributed by atoms with van der Waals surface area (Å²) in [7, 11) is 0. The Kier molecular flexibility index (Phi) is 8.17. The average Bonchev–Trinajstić information content (AvgIpc) is 3.26. The van der Waals surface area contributed by atoms with Gasteiger partial charge in [-0.25, -0.2) is 0 Å². The maximum absolute atomic E-state index is 13.0. The van der Waals surface area contributed by atoms with E-state index < -0.39 is 0 Å². The number of hydrogen-bond donors (Lipinski definition) is 1. The monoisotopic (exact) mass is 422 g/mol. The van der Waals surface area contributed by atoms with Gasteiger partial charge in [0.15, 0.2) is 0 Å². The van der Waals surface area contributed by atoms with Crippen molar-refractivity contribution in [1.82, 2.24) is 0 Å². The molecule has 1 N–H and O–H groups in total. The number of esters is 1. The molecule has 0 aliphatic heterocycles. The Morgan fingerprint density at radius 1 is 0.935 bits per heavy atom. The lowest BCUT2D eigenvalue weighted by atomic mass is 9.79. The SMILES string of the molecule is CCC(CC(CC(C)C(=O)OC1(CC)CCCC1)c1ccccc1)c1ccc(O)cc1. The Labute approximate surface area is 187 Å². The first-order valence-corrected chi connectivity index (χ1v) is 12.0. The molecule has 0 spiro atoms. The first-order chi connectivity index (χ1) is 15.0. The van der Waals surface area contributed by atoms with Crippen molar-refractivity contribution >= 4 is 5.97 Å². The van der Waals surface area contributed by atoms with E-state index in [0.29, 0.717) is 11.7 Å². The summed E-state index contributed by atoms with van der Waals surface area (Å²) in [5.74, 6) is 0.787. The molecule has 1 aliphatic rings. The van der Waals surface area contributed by atoms with Crippen LogP contribution < -0.4 is 0 Å². The molecule has 0 radical (unpaired) electrons. The highest BCUT2D eigenvalue weighted by Crippen LogP contribution is 2.39. The second-order valence-electron chi connectivity index (χ2n) is 9.34. The highest BCUT2D eigenvalue weighted by atomic mass is 16.6. The van der Waals surface area contributed by atoms with Gasteiger partial charge in [-0.3, -0.25) is 4.79 Å². The van der Waals surface area contributed by atoms with Gasteiger partial charge in [0.05, 0.1) is 5.92 Å². The normalized spacial score (nSPS) is 18.3. The summed E-state index contributed by atoms with van der Waals surface area (Å²) in [6.45, 7) is 6.37. The fourth-order valence-electron chi connectivity index (χ4n) is 5.11. The largest absolute Gasteiger partial charge is 0.508 e. The van der Waals surface area contributed by atoms with E-state index in [0.717, 1.165) is 51.4 Å². The predicted octanol–water partition coefficient (Wildman–Crippen LogP) is 7.35. The summed E-state index contributed by atoms with van der Waals surface area (Å²) < 4.78 is 6.11. The number of hydrogen-bond acceptors (Lipinski definition) is 3. The van der Waals surface area contributed by atoms with Gasteiger partial charge in [0.2, 0.25) is 0 Å². The molecule has 0 saturated heterocycles. The first kappa shape index (κ1) is 23.4. The smallest absolute Gasteiger partial charge is 0.309 e. The highest BCUT2D eigenvalue weighted by Gasteiger charge is 2.37. The maximum atomic E-state index is 13.0. The minimum absolute atomic E-state index is 0.0395. The molecule has 3 rings (SSSR count). The van der Waals surface area contributed by atoms with Gasteiger partial charge >= 0.3 is 5.97 Å². The zero-order valence-corrected chi connectivity index (χ0v) is 19.3. The summed E-state index contributed by atoms with van der Waals surface area (Å²) in [4.78, 5) is 13.0. The zero-order chi connectivity index (χ0) is 22.3. The van der Waals surface area contributed by atoms with Crippen molar-refractivity contribution in [3.63, 3.8) is 0 Å². The van der Waals surface area contributed by atoms with E-state index in [9.17, 15) is 9.90 Å². The Hall–Kier alpha value is -2.29. The second-order valence-corrected chi connectivity index (χ2v) is 9.34. The molecular formula is C28H38O3. The van der Waals surface area contributed by atoms with Crippen LogP contribution in [0.5, 0.6) is 5.75 Å². The molecule has 0 bridgehead atoms. The van der Waals surface area contributed by atoms with Crippen LogP contribution in [0.15, 0.2) is 54.6 Å². The van der Waals surface area contributed by atoms with Crippen LogP contribution in [0.25, 0.3) is 0 Å². The lowest BCUT2D eigenvalue weighted by molar-refractivity contribution is -0.164. The van der Waals surface area contributed by atoms with E-state index in [4.69, 9.17) is 4.74 Å². The molecule has 0 heterocycles. The summed E-state index contributed by atoms with van der Waals surface area (Å²) >= 11 is 0. The topological polar surface area (TPSA) is 46.5 Å². The molecule has 0 aromatic heterocycles. The van der Waals surface area contributed by atoms with Crippen LogP contribution in [0.2, 0.25) is 0 Å². The van der Waals surface area contributed by atoms with Crippen molar-refractivity contribution in [3.05, 3.63) is 65.7 Å². The number of aromatic hydroxyl groups is 1. The molecule has 168 valence electrons. The lowest BCUT2D eigenvalue weighted by Gasteiger charge is -2.31. The molecule has 3 unspecified atom stereocenters. The van der Waals surface area contributed by atoms with E-state index in [1.54, 1.807) is 12.1 Å². The van der Waals surface area contributed by atoms with Gasteiger partial charge in [-0.1, -0.05) is 63.2 Å².